The number of halogens is 1. The van der Waals surface area contributed by atoms with Crippen LogP contribution in [0.3, 0.4) is 0 Å². The van der Waals surface area contributed by atoms with E-state index in [1.54, 1.807) is 17.1 Å². The van der Waals surface area contributed by atoms with Crippen LogP contribution in [0.25, 0.3) is 0 Å². The Morgan fingerprint density at radius 1 is 1.64 bits per heavy atom. The molecule has 0 atom stereocenters. The molecule has 0 aliphatic heterocycles. The molecule has 0 amide bonds. The fourth-order valence-corrected chi connectivity index (χ4v) is 2.24. The summed E-state index contributed by atoms with van der Waals surface area (Å²) in [6.45, 7) is 0.760. The topological polar surface area (TPSA) is 60.9 Å². The molecule has 76 valence electrons. The number of hydrogen-bond acceptors (Lipinski definition) is 3. The molecule has 2 rings (SSSR count). The maximum absolute atomic E-state index is 11.6. The molecule has 14 heavy (non-hydrogen) atoms. The van der Waals surface area contributed by atoms with Crippen molar-refractivity contribution in [3.8, 4) is 0 Å². The SMILES string of the molecule is NC1CC(Cn2cncc(I)c2=O)C1. The number of hydrogen-bond donors (Lipinski definition) is 1. The maximum Gasteiger partial charge on any atom is 0.266 e. The van der Waals surface area contributed by atoms with Crippen LogP contribution < -0.4 is 11.3 Å². The highest BCUT2D eigenvalue weighted by molar-refractivity contribution is 14.1. The molecule has 0 spiro atoms. The second-order valence-corrected chi connectivity index (χ2v) is 4.96. The van der Waals surface area contributed by atoms with Crippen LogP contribution in [-0.4, -0.2) is 15.6 Å². The maximum atomic E-state index is 11.6. The van der Waals surface area contributed by atoms with E-state index in [0.717, 1.165) is 19.4 Å². The molecule has 1 aromatic rings. The summed E-state index contributed by atoms with van der Waals surface area (Å²) < 4.78 is 2.35. The van der Waals surface area contributed by atoms with Crippen molar-refractivity contribution in [1.29, 1.82) is 0 Å². The van der Waals surface area contributed by atoms with E-state index < -0.39 is 0 Å². The molecule has 0 aromatic carbocycles. The molecule has 1 fully saturated rings. The van der Waals surface area contributed by atoms with E-state index in [1.165, 1.54) is 0 Å². The van der Waals surface area contributed by atoms with E-state index in [2.05, 4.69) is 4.98 Å². The lowest BCUT2D eigenvalue weighted by Crippen LogP contribution is -2.40. The third kappa shape index (κ3) is 1.98. The molecule has 0 bridgehead atoms. The minimum Gasteiger partial charge on any atom is -0.328 e. The normalized spacial score (nSPS) is 25.9. The molecule has 4 nitrogen and oxygen atoms in total. The van der Waals surface area contributed by atoms with Crippen LogP contribution in [0, 0.1) is 9.49 Å². The van der Waals surface area contributed by atoms with Gasteiger partial charge in [0.25, 0.3) is 5.56 Å². The summed E-state index contributed by atoms with van der Waals surface area (Å²) >= 11 is 2.01. The van der Waals surface area contributed by atoms with Gasteiger partial charge in [-0.25, -0.2) is 4.98 Å². The quantitative estimate of drug-likeness (QED) is 0.813. The average Bonchev–Trinajstić information content (AvgIpc) is 2.10. The van der Waals surface area contributed by atoms with Crippen LogP contribution in [0.5, 0.6) is 0 Å². The molecule has 1 aliphatic carbocycles. The summed E-state index contributed by atoms with van der Waals surface area (Å²) in [6.07, 6.45) is 5.25. The average molecular weight is 305 g/mol. The summed E-state index contributed by atoms with van der Waals surface area (Å²) in [5, 5.41) is 0. The van der Waals surface area contributed by atoms with Crippen molar-refractivity contribution in [2.45, 2.75) is 25.4 Å². The van der Waals surface area contributed by atoms with Crippen LogP contribution in [0.1, 0.15) is 12.8 Å². The summed E-state index contributed by atoms with van der Waals surface area (Å²) in [6, 6.07) is 0.339. The van der Waals surface area contributed by atoms with Gasteiger partial charge in [0, 0.05) is 18.8 Å². The Labute approximate surface area is 95.7 Å². The molecule has 2 N–H and O–H groups in total. The molecule has 1 aromatic heterocycles. The van der Waals surface area contributed by atoms with Gasteiger partial charge in [-0.3, -0.25) is 9.36 Å². The van der Waals surface area contributed by atoms with Crippen molar-refractivity contribution in [2.75, 3.05) is 0 Å². The molecule has 1 aliphatic rings. The van der Waals surface area contributed by atoms with Gasteiger partial charge in [-0.05, 0) is 41.4 Å². The third-order valence-corrected chi connectivity index (χ3v) is 3.33. The zero-order chi connectivity index (χ0) is 10.1. The fraction of sp³-hybridized carbons (Fsp3) is 0.556. The van der Waals surface area contributed by atoms with Gasteiger partial charge in [0.15, 0.2) is 0 Å². The fourth-order valence-electron chi connectivity index (χ4n) is 1.77. The number of aromatic nitrogens is 2. The van der Waals surface area contributed by atoms with Gasteiger partial charge >= 0.3 is 0 Å². The highest BCUT2D eigenvalue weighted by Gasteiger charge is 2.26. The van der Waals surface area contributed by atoms with Crippen molar-refractivity contribution < 1.29 is 0 Å². The molecule has 1 saturated carbocycles. The van der Waals surface area contributed by atoms with Gasteiger partial charge in [-0.2, -0.15) is 0 Å². The first-order valence-corrected chi connectivity index (χ1v) is 5.70. The monoisotopic (exact) mass is 305 g/mol. The van der Waals surface area contributed by atoms with Crippen LogP contribution in [0.2, 0.25) is 0 Å². The second-order valence-electron chi connectivity index (χ2n) is 3.80. The predicted octanol–water partition coefficient (Wildman–Crippen LogP) is 0.585. The lowest BCUT2D eigenvalue weighted by molar-refractivity contribution is 0.231. The molecule has 0 saturated heterocycles. The molecular formula is C9H12IN3O. The summed E-state index contributed by atoms with van der Waals surface area (Å²) in [4.78, 5) is 15.6. The predicted molar refractivity (Wildman–Crippen MR) is 61.9 cm³/mol. The van der Waals surface area contributed by atoms with E-state index in [-0.39, 0.29) is 5.56 Å². The van der Waals surface area contributed by atoms with Gasteiger partial charge < -0.3 is 5.73 Å². The largest absolute Gasteiger partial charge is 0.328 e. The molecule has 0 radical (unpaired) electrons. The van der Waals surface area contributed by atoms with Gasteiger partial charge in [-0.15, -0.1) is 0 Å². The highest BCUT2D eigenvalue weighted by Crippen LogP contribution is 2.26. The van der Waals surface area contributed by atoms with E-state index in [1.807, 2.05) is 22.6 Å². The molecular weight excluding hydrogens is 293 g/mol. The second kappa shape index (κ2) is 3.98. The zero-order valence-corrected chi connectivity index (χ0v) is 9.85. The van der Waals surface area contributed by atoms with Gasteiger partial charge in [0.1, 0.15) is 0 Å². The summed E-state index contributed by atoms with van der Waals surface area (Å²) in [7, 11) is 0. The Morgan fingerprint density at radius 3 is 3.00 bits per heavy atom. The highest BCUT2D eigenvalue weighted by atomic mass is 127. The minimum atomic E-state index is 0.0565. The minimum absolute atomic E-state index is 0.0565. The first-order valence-electron chi connectivity index (χ1n) is 4.62. The van der Waals surface area contributed by atoms with Gasteiger partial charge in [0.05, 0.1) is 9.90 Å². The number of rotatable bonds is 2. The van der Waals surface area contributed by atoms with Crippen molar-refractivity contribution in [3.05, 3.63) is 26.4 Å². The Hall–Kier alpha value is -0.430. The Balaban J connectivity index is 2.10. The first kappa shape index (κ1) is 10.1. The van der Waals surface area contributed by atoms with Crippen molar-refractivity contribution in [2.24, 2.45) is 11.7 Å². The number of nitrogens with zero attached hydrogens (tertiary/aromatic N) is 2. The standard InChI is InChI=1S/C9H12IN3O/c10-8-3-12-5-13(9(8)14)4-6-1-7(11)2-6/h3,5-7H,1-2,4,11H2. The molecule has 0 unspecified atom stereocenters. The molecule has 5 heteroatoms. The van der Waals surface area contributed by atoms with Gasteiger partial charge in [-0.1, -0.05) is 0 Å². The zero-order valence-electron chi connectivity index (χ0n) is 7.69. The Bertz CT molecular complexity index is 384. The van der Waals surface area contributed by atoms with Crippen molar-refractivity contribution in [1.82, 2.24) is 9.55 Å². The lowest BCUT2D eigenvalue weighted by Gasteiger charge is -2.32. The first-order chi connectivity index (χ1) is 6.66. The number of nitrogens with two attached hydrogens (primary N) is 1. The van der Waals surface area contributed by atoms with Crippen molar-refractivity contribution in [3.63, 3.8) is 0 Å². The molecule has 1 heterocycles. The van der Waals surface area contributed by atoms with Crippen molar-refractivity contribution >= 4 is 22.6 Å². The Kier molecular flexibility index (Phi) is 2.87. The van der Waals surface area contributed by atoms with E-state index in [9.17, 15) is 4.79 Å². The summed E-state index contributed by atoms with van der Waals surface area (Å²) in [5.41, 5.74) is 5.74. The van der Waals surface area contributed by atoms with E-state index >= 15 is 0 Å². The summed E-state index contributed by atoms with van der Waals surface area (Å²) in [5.74, 6) is 0.558. The van der Waals surface area contributed by atoms with Crippen LogP contribution in [0.15, 0.2) is 17.3 Å². The van der Waals surface area contributed by atoms with Crippen LogP contribution >= 0.6 is 22.6 Å². The smallest absolute Gasteiger partial charge is 0.266 e. The third-order valence-electron chi connectivity index (χ3n) is 2.59. The van der Waals surface area contributed by atoms with E-state index in [0.29, 0.717) is 15.5 Å². The Morgan fingerprint density at radius 2 is 2.36 bits per heavy atom. The van der Waals surface area contributed by atoms with E-state index in [4.69, 9.17) is 5.73 Å². The van der Waals surface area contributed by atoms with Crippen LogP contribution in [-0.2, 0) is 6.54 Å². The van der Waals surface area contributed by atoms with Crippen LogP contribution in [0.4, 0.5) is 0 Å². The lowest BCUT2D eigenvalue weighted by atomic mass is 9.81. The van der Waals surface area contributed by atoms with Gasteiger partial charge in [0.2, 0.25) is 0 Å².